The summed E-state index contributed by atoms with van der Waals surface area (Å²) in [5, 5.41) is 22.2. The summed E-state index contributed by atoms with van der Waals surface area (Å²) in [6.45, 7) is 1.81. The van der Waals surface area contributed by atoms with Crippen molar-refractivity contribution in [2.75, 3.05) is 6.61 Å². The molecule has 0 spiro atoms. The first-order valence-corrected chi connectivity index (χ1v) is 9.78. The van der Waals surface area contributed by atoms with E-state index in [4.69, 9.17) is 11.6 Å². The number of hydrogen-bond acceptors (Lipinski definition) is 4. The Kier molecular flexibility index (Phi) is 5.05. The number of carbonyl (C=O) groups excluding carboxylic acids is 1. The van der Waals surface area contributed by atoms with Crippen molar-refractivity contribution in [1.82, 2.24) is 4.90 Å². The molecule has 0 bridgehead atoms. The highest BCUT2D eigenvalue weighted by Crippen LogP contribution is 2.45. The van der Waals surface area contributed by atoms with Gasteiger partial charge in [0, 0.05) is 29.3 Å². The van der Waals surface area contributed by atoms with Gasteiger partial charge >= 0.3 is 0 Å². The number of aliphatic hydroxyl groups is 1. The van der Waals surface area contributed by atoms with Gasteiger partial charge in [-0.25, -0.2) is 0 Å². The van der Waals surface area contributed by atoms with E-state index in [-0.39, 0.29) is 24.7 Å². The van der Waals surface area contributed by atoms with Crippen LogP contribution in [0.1, 0.15) is 32.6 Å². The fourth-order valence-corrected chi connectivity index (χ4v) is 4.19. The number of hydrogen-bond donors (Lipinski definition) is 1. The first-order chi connectivity index (χ1) is 14.4. The van der Waals surface area contributed by atoms with Crippen LogP contribution in [0.15, 0.2) is 66.7 Å². The first kappa shape index (κ1) is 20.1. The summed E-state index contributed by atoms with van der Waals surface area (Å²) in [6, 6.07) is 18.7. The molecule has 1 atom stereocenters. The van der Waals surface area contributed by atoms with Crippen LogP contribution in [0.5, 0.6) is 0 Å². The maximum absolute atomic E-state index is 13.4. The third-order valence-electron chi connectivity index (χ3n) is 5.60. The topological polar surface area (TPSA) is 83.7 Å². The summed E-state index contributed by atoms with van der Waals surface area (Å²) < 4.78 is 0. The highest BCUT2D eigenvalue weighted by Gasteiger charge is 2.50. The number of aryl methyl sites for hydroxylation is 1. The highest BCUT2D eigenvalue weighted by atomic mass is 35.5. The van der Waals surface area contributed by atoms with Crippen molar-refractivity contribution < 1.29 is 14.8 Å². The molecule has 4 rings (SSSR count). The van der Waals surface area contributed by atoms with E-state index in [1.165, 1.54) is 12.1 Å². The zero-order valence-electron chi connectivity index (χ0n) is 16.2. The monoisotopic (exact) mass is 422 g/mol. The van der Waals surface area contributed by atoms with Gasteiger partial charge in [-0.15, -0.1) is 0 Å². The van der Waals surface area contributed by atoms with Crippen molar-refractivity contribution in [3.05, 3.63) is 110 Å². The van der Waals surface area contributed by atoms with Crippen molar-refractivity contribution in [2.45, 2.75) is 19.0 Å². The van der Waals surface area contributed by atoms with Gasteiger partial charge in [0.25, 0.3) is 11.6 Å². The van der Waals surface area contributed by atoms with Crippen LogP contribution >= 0.6 is 11.6 Å². The van der Waals surface area contributed by atoms with Gasteiger partial charge in [-0.05, 0) is 41.8 Å². The molecule has 7 heteroatoms. The molecule has 6 nitrogen and oxygen atoms in total. The summed E-state index contributed by atoms with van der Waals surface area (Å²) in [4.78, 5) is 25.5. The van der Waals surface area contributed by atoms with E-state index in [1.54, 1.807) is 35.2 Å². The number of aliphatic hydroxyl groups excluding tert-OH is 1. The maximum Gasteiger partial charge on any atom is 0.269 e. The number of benzene rings is 3. The van der Waals surface area contributed by atoms with Crippen molar-refractivity contribution in [2.24, 2.45) is 0 Å². The normalized spacial score (nSPS) is 17.8. The average Bonchev–Trinajstić information content (AvgIpc) is 2.97. The van der Waals surface area contributed by atoms with Crippen LogP contribution in [-0.2, 0) is 12.1 Å². The van der Waals surface area contributed by atoms with Crippen molar-refractivity contribution in [3.8, 4) is 0 Å². The quantitative estimate of drug-likeness (QED) is 0.486. The minimum Gasteiger partial charge on any atom is -0.393 e. The maximum atomic E-state index is 13.4. The molecule has 0 aliphatic carbocycles. The van der Waals surface area contributed by atoms with E-state index in [0.29, 0.717) is 10.6 Å². The third-order valence-corrected chi connectivity index (χ3v) is 5.85. The Balaban J connectivity index is 1.86. The third kappa shape index (κ3) is 3.14. The van der Waals surface area contributed by atoms with Crippen LogP contribution in [-0.4, -0.2) is 27.4 Å². The standard InChI is InChI=1S/C23H19ClN2O4/c1-15-2-11-20-21(12-15)23(14-27,17-5-7-18(24)8-6-17)25(22(20)28)13-16-3-9-19(10-4-16)26(29)30/h2-12,27H,13-14H2,1H3. The molecule has 1 aliphatic heterocycles. The van der Waals surface area contributed by atoms with E-state index >= 15 is 0 Å². The molecule has 3 aromatic carbocycles. The SMILES string of the molecule is Cc1ccc2c(c1)C(CO)(c1ccc(Cl)cc1)N(Cc1ccc([N+](=O)[O-])cc1)C2=O. The number of nitro benzene ring substituents is 1. The summed E-state index contributed by atoms with van der Waals surface area (Å²) in [7, 11) is 0. The fourth-order valence-electron chi connectivity index (χ4n) is 4.06. The predicted molar refractivity (Wildman–Crippen MR) is 113 cm³/mol. The minimum atomic E-state index is -1.08. The molecule has 0 fully saturated rings. The second-order valence-electron chi connectivity index (χ2n) is 7.39. The number of amides is 1. The molecule has 0 aromatic heterocycles. The van der Waals surface area contributed by atoms with Gasteiger partial charge in [0.15, 0.2) is 0 Å². The lowest BCUT2D eigenvalue weighted by Gasteiger charge is -2.38. The molecule has 152 valence electrons. The Morgan fingerprint density at radius 3 is 2.33 bits per heavy atom. The molecule has 1 amide bonds. The van der Waals surface area contributed by atoms with E-state index in [9.17, 15) is 20.0 Å². The van der Waals surface area contributed by atoms with Gasteiger partial charge in [0.2, 0.25) is 0 Å². The van der Waals surface area contributed by atoms with Gasteiger partial charge in [-0.1, -0.05) is 53.6 Å². The Morgan fingerprint density at radius 1 is 1.07 bits per heavy atom. The van der Waals surface area contributed by atoms with E-state index in [1.807, 2.05) is 31.2 Å². The lowest BCUT2D eigenvalue weighted by molar-refractivity contribution is -0.384. The number of halogens is 1. The lowest BCUT2D eigenvalue weighted by atomic mass is 9.82. The van der Waals surface area contributed by atoms with Crippen molar-refractivity contribution in [3.63, 3.8) is 0 Å². The Bertz CT molecular complexity index is 1130. The molecule has 30 heavy (non-hydrogen) atoms. The highest BCUT2D eigenvalue weighted by molar-refractivity contribution is 6.30. The molecule has 1 heterocycles. The second-order valence-corrected chi connectivity index (χ2v) is 7.83. The van der Waals surface area contributed by atoms with E-state index in [0.717, 1.165) is 22.3 Å². The van der Waals surface area contributed by atoms with Crippen molar-refractivity contribution in [1.29, 1.82) is 0 Å². The van der Waals surface area contributed by atoms with Crippen LogP contribution in [0.25, 0.3) is 0 Å². The fraction of sp³-hybridized carbons (Fsp3) is 0.174. The van der Waals surface area contributed by atoms with Crippen LogP contribution in [0, 0.1) is 17.0 Å². The summed E-state index contributed by atoms with van der Waals surface area (Å²) >= 11 is 6.07. The lowest BCUT2D eigenvalue weighted by Crippen LogP contribution is -2.47. The largest absolute Gasteiger partial charge is 0.393 e. The average molecular weight is 423 g/mol. The molecule has 1 unspecified atom stereocenters. The Labute approximate surface area is 178 Å². The zero-order valence-corrected chi connectivity index (χ0v) is 17.0. The van der Waals surface area contributed by atoms with Crippen LogP contribution in [0.4, 0.5) is 5.69 Å². The zero-order chi connectivity index (χ0) is 21.5. The molecule has 0 saturated heterocycles. The second kappa shape index (κ2) is 7.55. The Morgan fingerprint density at radius 2 is 1.73 bits per heavy atom. The molecule has 0 radical (unpaired) electrons. The van der Waals surface area contributed by atoms with Gasteiger partial charge in [0.05, 0.1) is 11.5 Å². The van der Waals surface area contributed by atoms with E-state index < -0.39 is 10.5 Å². The number of fused-ring (bicyclic) bond motifs is 1. The van der Waals surface area contributed by atoms with Gasteiger partial charge in [-0.2, -0.15) is 0 Å². The number of nitrogens with zero attached hydrogens (tertiary/aromatic N) is 2. The predicted octanol–water partition coefficient (Wildman–Crippen LogP) is 4.45. The van der Waals surface area contributed by atoms with Crippen LogP contribution in [0.2, 0.25) is 5.02 Å². The summed E-state index contributed by atoms with van der Waals surface area (Å²) in [5.41, 5.74) is 2.62. The molecule has 1 aliphatic rings. The summed E-state index contributed by atoms with van der Waals surface area (Å²) in [5.74, 6) is -0.202. The summed E-state index contributed by atoms with van der Waals surface area (Å²) in [6.07, 6.45) is 0. The van der Waals surface area contributed by atoms with Crippen LogP contribution < -0.4 is 0 Å². The molecular weight excluding hydrogens is 404 g/mol. The molecule has 1 N–H and O–H groups in total. The van der Waals surface area contributed by atoms with Gasteiger partial charge in [0.1, 0.15) is 5.54 Å². The van der Waals surface area contributed by atoms with E-state index in [2.05, 4.69) is 0 Å². The van der Waals surface area contributed by atoms with Gasteiger partial charge < -0.3 is 10.0 Å². The number of rotatable bonds is 5. The molecule has 0 saturated carbocycles. The molecular formula is C23H19ClN2O4. The number of carbonyl (C=O) groups is 1. The smallest absolute Gasteiger partial charge is 0.269 e. The number of non-ortho nitro benzene ring substituents is 1. The molecule has 3 aromatic rings. The first-order valence-electron chi connectivity index (χ1n) is 9.40. The van der Waals surface area contributed by atoms with Crippen LogP contribution in [0.3, 0.4) is 0 Å². The Hall–Kier alpha value is -3.22. The minimum absolute atomic E-state index is 0.0171. The number of nitro groups is 1. The van der Waals surface area contributed by atoms with Gasteiger partial charge in [-0.3, -0.25) is 14.9 Å². The van der Waals surface area contributed by atoms with Crippen molar-refractivity contribution >= 4 is 23.2 Å².